The van der Waals surface area contributed by atoms with Crippen LogP contribution < -0.4 is 20.3 Å². The fourth-order valence-corrected chi connectivity index (χ4v) is 7.98. The Labute approximate surface area is 324 Å². The van der Waals surface area contributed by atoms with Gasteiger partial charge in [-0.2, -0.15) is 0 Å². The van der Waals surface area contributed by atoms with Crippen molar-refractivity contribution < 1.29 is 51.2 Å². The number of carbonyl (C=O) groups is 1. The highest BCUT2D eigenvalue weighted by atomic mass is 31.2. The Morgan fingerprint density at radius 1 is 0.946 bits per heavy atom. The van der Waals surface area contributed by atoms with Crippen molar-refractivity contribution in [2.24, 2.45) is 0 Å². The number of phosphoric ester groups is 1. The summed E-state index contributed by atoms with van der Waals surface area (Å²) in [5, 5.41) is 17.6. The third-order valence-electron chi connectivity index (χ3n) is 10.6. The van der Waals surface area contributed by atoms with Crippen LogP contribution in [0.4, 0.5) is 18.0 Å². The first kappa shape index (κ1) is 41.4. The molecule has 2 heterocycles. The van der Waals surface area contributed by atoms with Crippen LogP contribution in [0.15, 0.2) is 91.0 Å². The molecule has 0 bridgehead atoms. The van der Waals surface area contributed by atoms with Gasteiger partial charge >= 0.3 is 6.03 Å². The first-order valence-corrected chi connectivity index (χ1v) is 20.0. The number of amides is 2. The van der Waals surface area contributed by atoms with Gasteiger partial charge in [0.05, 0.1) is 25.7 Å². The Morgan fingerprint density at radius 3 is 2.14 bits per heavy atom. The molecule has 2 saturated heterocycles. The molecule has 0 spiro atoms. The molecule has 0 aromatic heterocycles. The minimum absolute atomic E-state index is 0.215. The van der Waals surface area contributed by atoms with E-state index in [-0.39, 0.29) is 42.3 Å². The van der Waals surface area contributed by atoms with Gasteiger partial charge in [-0.25, -0.2) is 18.0 Å². The maximum atomic E-state index is 14.5. The zero-order valence-electron chi connectivity index (χ0n) is 31.6. The van der Waals surface area contributed by atoms with Crippen LogP contribution in [0, 0.1) is 17.5 Å². The van der Waals surface area contributed by atoms with E-state index in [2.05, 4.69) is 15.2 Å². The van der Waals surface area contributed by atoms with E-state index in [1.807, 2.05) is 26.8 Å². The normalized spacial score (nSPS) is 21.3. The fourth-order valence-electron chi connectivity index (χ4n) is 7.80. The van der Waals surface area contributed by atoms with Crippen LogP contribution in [0.3, 0.4) is 0 Å². The number of carbonyl (C=O) groups excluding carboxylic acids is 1. The highest BCUT2D eigenvalue weighted by Crippen LogP contribution is 2.39. The number of nitrogens with zero attached hydrogens (tertiary/aromatic N) is 2. The Morgan fingerprint density at radius 2 is 1.57 bits per heavy atom. The Hall–Kier alpha value is -4.27. The summed E-state index contributed by atoms with van der Waals surface area (Å²) < 4.78 is 64.6. The van der Waals surface area contributed by atoms with Gasteiger partial charge < -0.3 is 39.6 Å². The molecule has 2 unspecified atom stereocenters. The highest BCUT2D eigenvalue weighted by Gasteiger charge is 2.49. The van der Waals surface area contributed by atoms with Gasteiger partial charge in [0.1, 0.15) is 41.8 Å². The van der Waals surface area contributed by atoms with Gasteiger partial charge in [0.2, 0.25) is 0 Å². The highest BCUT2D eigenvalue weighted by molar-refractivity contribution is 7.44. The first-order chi connectivity index (χ1) is 26.4. The van der Waals surface area contributed by atoms with Gasteiger partial charge in [-0.3, -0.25) is 9.09 Å². The lowest BCUT2D eigenvalue weighted by molar-refractivity contribution is -0.958. The van der Waals surface area contributed by atoms with Gasteiger partial charge in [0, 0.05) is 42.1 Å². The van der Waals surface area contributed by atoms with Gasteiger partial charge in [0.15, 0.2) is 6.79 Å². The Kier molecular flexibility index (Phi) is 12.3. The maximum absolute atomic E-state index is 14.5. The third-order valence-corrected chi connectivity index (χ3v) is 11.0. The number of aliphatic hydroxyl groups excluding tert-OH is 1. The summed E-state index contributed by atoms with van der Waals surface area (Å²) in [6.45, 7) is 7.45. The number of piperidine rings is 1. The molecule has 6 rings (SSSR count). The van der Waals surface area contributed by atoms with Crippen LogP contribution in [0.25, 0.3) is 0 Å². The zero-order chi connectivity index (χ0) is 40.3. The molecule has 56 heavy (non-hydrogen) atoms. The second-order valence-corrected chi connectivity index (χ2v) is 17.0. The van der Waals surface area contributed by atoms with Crippen molar-refractivity contribution in [3.8, 4) is 5.75 Å². The minimum Gasteiger partial charge on any atom is -0.756 e. The van der Waals surface area contributed by atoms with Crippen molar-refractivity contribution in [3.63, 3.8) is 0 Å². The number of likely N-dealkylation sites (tertiary alicyclic amines) is 1. The first-order valence-electron chi connectivity index (χ1n) is 18.5. The van der Waals surface area contributed by atoms with E-state index in [9.17, 15) is 37.4 Å². The average molecular weight is 797 g/mol. The summed E-state index contributed by atoms with van der Waals surface area (Å²) in [7, 11) is -5.08. The summed E-state index contributed by atoms with van der Waals surface area (Å²) in [5.41, 5.74) is 1.95. The second-order valence-electron chi connectivity index (χ2n) is 15.8. The quantitative estimate of drug-likeness (QED) is 0.0693. The summed E-state index contributed by atoms with van der Waals surface area (Å²) in [5.74, 6) is -0.957. The van der Waals surface area contributed by atoms with Crippen LogP contribution in [0.5, 0.6) is 5.75 Å². The standard InChI is InChI=1S/C41H48F3N4O7P/c1-40(2,3)45-23-37(49)29-7-16-38(54-27-55-56(51,52)53)30(22-29)25-48(24-28-5-4-6-35(44)21-28)19-17-36(18-20-48)47-26-41(46-39(47)50,31-8-12-33(42)13-9-31)32-10-14-34(43)15-11-32/h4-16,21-22,36-37,45,49H,17-20,23-27H2,1-3H3,(H2-,46,50,51,52,53). The number of benzene rings is 4. The van der Waals surface area contributed by atoms with Gasteiger partial charge in [-0.1, -0.05) is 42.5 Å². The van der Waals surface area contributed by atoms with Crippen molar-refractivity contribution in [2.75, 3.05) is 33.0 Å². The number of β-amino-alcohol motifs (C(OH)–C–C–N with tert-alkyl or cyclic N) is 1. The molecule has 2 aliphatic rings. The van der Waals surface area contributed by atoms with Crippen molar-refractivity contribution >= 4 is 13.9 Å². The summed E-state index contributed by atoms with van der Waals surface area (Å²) in [6.07, 6.45) is 0.204. The van der Waals surface area contributed by atoms with E-state index in [4.69, 9.17) is 4.74 Å². The number of halogens is 3. The average Bonchev–Trinajstić information content (AvgIpc) is 3.49. The van der Waals surface area contributed by atoms with Crippen molar-refractivity contribution in [2.45, 2.75) is 69.9 Å². The number of urea groups is 1. The molecule has 11 nitrogen and oxygen atoms in total. The number of nitrogens with one attached hydrogen (secondary N) is 2. The molecule has 2 aliphatic heterocycles. The van der Waals surface area contributed by atoms with Gasteiger partial charge in [-0.15, -0.1) is 0 Å². The molecule has 4 aromatic carbocycles. The minimum atomic E-state index is -5.08. The van der Waals surface area contributed by atoms with Crippen LogP contribution in [0.2, 0.25) is 0 Å². The van der Waals surface area contributed by atoms with Crippen LogP contribution in [-0.4, -0.2) is 70.0 Å². The fraction of sp³-hybridized carbons (Fsp3) is 0.390. The molecule has 4 aromatic rings. The topological polar surface area (TPSA) is 143 Å². The monoisotopic (exact) mass is 796 g/mol. The molecule has 2 fully saturated rings. The molecule has 4 N–H and O–H groups in total. The lowest BCUT2D eigenvalue weighted by atomic mass is 9.83. The lowest BCUT2D eigenvalue weighted by Gasteiger charge is -2.46. The van der Waals surface area contributed by atoms with E-state index in [1.165, 1.54) is 36.4 Å². The molecule has 2 atom stereocenters. The van der Waals surface area contributed by atoms with Crippen LogP contribution >= 0.6 is 7.82 Å². The van der Waals surface area contributed by atoms with E-state index < -0.39 is 37.9 Å². The number of hydrogen-bond donors (Lipinski definition) is 4. The summed E-state index contributed by atoms with van der Waals surface area (Å²) in [4.78, 5) is 36.2. The van der Waals surface area contributed by atoms with E-state index in [1.54, 1.807) is 53.4 Å². The maximum Gasteiger partial charge on any atom is 0.318 e. The smallest absolute Gasteiger partial charge is 0.318 e. The third kappa shape index (κ3) is 10.2. The predicted octanol–water partition coefficient (Wildman–Crippen LogP) is 5.99. The number of ether oxygens (including phenoxy) is 1. The van der Waals surface area contributed by atoms with Crippen molar-refractivity contribution in [1.82, 2.24) is 15.5 Å². The van der Waals surface area contributed by atoms with Gasteiger partial charge in [0.25, 0.3) is 7.82 Å². The van der Waals surface area contributed by atoms with E-state index in [0.29, 0.717) is 65.8 Å². The summed E-state index contributed by atoms with van der Waals surface area (Å²) in [6, 6.07) is 22.7. The number of phosphoric acid groups is 1. The van der Waals surface area contributed by atoms with E-state index >= 15 is 0 Å². The molecule has 15 heteroatoms. The number of rotatable bonds is 14. The van der Waals surface area contributed by atoms with Crippen molar-refractivity contribution in [3.05, 3.63) is 136 Å². The molecule has 0 saturated carbocycles. The predicted molar refractivity (Wildman–Crippen MR) is 201 cm³/mol. The van der Waals surface area contributed by atoms with Crippen molar-refractivity contribution in [1.29, 1.82) is 0 Å². The molecule has 0 radical (unpaired) electrons. The molecular weight excluding hydrogens is 748 g/mol. The molecule has 0 aliphatic carbocycles. The zero-order valence-corrected chi connectivity index (χ0v) is 32.5. The van der Waals surface area contributed by atoms with E-state index in [0.717, 1.165) is 5.56 Å². The largest absolute Gasteiger partial charge is 0.756 e. The number of quaternary nitrogens is 1. The molecule has 2 amide bonds. The molecular formula is C41H48F3N4O7P. The Bertz CT molecular complexity index is 1990. The van der Waals surface area contributed by atoms with Crippen LogP contribution in [0.1, 0.15) is 67.5 Å². The number of aliphatic hydroxyl groups is 1. The summed E-state index contributed by atoms with van der Waals surface area (Å²) >= 11 is 0. The van der Waals surface area contributed by atoms with Gasteiger partial charge in [-0.05, 0) is 86.0 Å². The van der Waals surface area contributed by atoms with Crippen LogP contribution in [-0.2, 0) is 27.7 Å². The second kappa shape index (κ2) is 16.7. The lowest BCUT2D eigenvalue weighted by Crippen LogP contribution is -2.56. The number of hydrogen-bond acceptors (Lipinski definition) is 7. The Balaban J connectivity index is 1.30. The SMILES string of the molecule is CC(C)(C)NCC(O)c1ccc(OCOP(=O)([O-])O)c(C[N+]2(Cc3cccc(F)c3)CCC(N3CC(c4ccc(F)cc4)(c4ccc(F)cc4)NC3=O)CC2)c1. The molecule has 300 valence electrons.